The van der Waals surface area contributed by atoms with Gasteiger partial charge in [-0.05, 0) is 106 Å². The molecule has 1 saturated carbocycles. The molecule has 4 atom stereocenters. The van der Waals surface area contributed by atoms with E-state index in [0.29, 0.717) is 29.1 Å². The number of alkyl carbamates (subject to hydrolysis) is 1. The highest BCUT2D eigenvalue weighted by molar-refractivity contribution is 6.00. The SMILES string of the molecule is Cn1c(=O)n(C2CCC(=O)NC2=O)c2ccc(C3CC(CCCC(=O)N4CCC5=CC[C@@H](C(=O)N[C@@H](CCC(N)=O)C(=O)NC(c6ccccc6)c6ccccc6)N5C(=O)[C@@H](NC(=O)OC(C)(C)C)C4)C3)cc21. The van der Waals surface area contributed by atoms with Crippen LogP contribution in [0.3, 0.4) is 0 Å². The molecule has 3 aliphatic heterocycles. The molecule has 19 heteroatoms. The molecule has 4 heterocycles. The van der Waals surface area contributed by atoms with Gasteiger partial charge in [0.15, 0.2) is 0 Å². The number of carbonyl (C=O) groups excluding carboxylic acids is 8. The lowest BCUT2D eigenvalue weighted by molar-refractivity contribution is -0.142. The van der Waals surface area contributed by atoms with Gasteiger partial charge in [0.05, 0.1) is 23.6 Å². The number of carbonyl (C=O) groups is 8. The first-order valence-electron chi connectivity index (χ1n) is 25.2. The minimum Gasteiger partial charge on any atom is -0.444 e. The highest BCUT2D eigenvalue weighted by Gasteiger charge is 2.43. The molecule has 1 unspecified atom stereocenters. The Morgan fingerprint density at radius 2 is 1.55 bits per heavy atom. The summed E-state index contributed by atoms with van der Waals surface area (Å²) in [4.78, 5) is 123. The molecule has 19 nitrogen and oxygen atoms in total. The summed E-state index contributed by atoms with van der Waals surface area (Å²) in [5.41, 5.74) is 8.83. The average Bonchev–Trinajstić information content (AvgIpc) is 3.87. The molecule has 4 aliphatic rings. The van der Waals surface area contributed by atoms with Crippen LogP contribution in [0.25, 0.3) is 11.0 Å². The maximum atomic E-state index is 14.7. The fraction of sp³-hybridized carbons (Fsp3) is 0.463. The number of primary amides is 1. The van der Waals surface area contributed by atoms with E-state index in [2.05, 4.69) is 21.3 Å². The standard InChI is InChI=1S/C54H65N9O10/c1-54(2,3)73-52(71)57-39-31-61(46(66)17-11-12-32-28-36(29-32)35-18-21-40-43(30-35)60(4)53(72)63(40)42-23-25-45(65)58-50(42)69)27-26-37-19-22-41(62(37)51(39)70)49(68)56-38(20-24-44(55)64)48(67)59-47(33-13-7-5-8-14-33)34-15-9-6-10-16-34/h5-10,13-16,18-19,21,30,32,36,38-39,41-42,47H,11-12,17,20,22-29,31H2,1-4H3,(H2,55,64)(H,56,68)(H,57,71)(H,59,67)(H,58,65,69)/t32?,36?,38-,39-,41-,42?/m0/s1. The molecule has 8 amide bonds. The third-order valence-corrected chi connectivity index (χ3v) is 14.3. The Morgan fingerprint density at radius 1 is 0.863 bits per heavy atom. The van der Waals surface area contributed by atoms with Crippen molar-refractivity contribution >= 4 is 58.5 Å². The van der Waals surface area contributed by atoms with Crippen LogP contribution in [-0.4, -0.2) is 103 Å². The van der Waals surface area contributed by atoms with Gasteiger partial charge in [-0.2, -0.15) is 0 Å². The smallest absolute Gasteiger partial charge is 0.408 e. The van der Waals surface area contributed by atoms with E-state index in [1.165, 1.54) is 14.0 Å². The number of aryl methyl sites for hydroxylation is 1. The van der Waals surface area contributed by atoms with E-state index in [-0.39, 0.29) is 81.5 Å². The van der Waals surface area contributed by atoms with Gasteiger partial charge in [-0.25, -0.2) is 9.59 Å². The highest BCUT2D eigenvalue weighted by Crippen LogP contribution is 2.45. The number of imidazole rings is 1. The molecule has 2 saturated heterocycles. The fourth-order valence-electron chi connectivity index (χ4n) is 10.5. The zero-order chi connectivity index (χ0) is 52.1. The third-order valence-electron chi connectivity index (χ3n) is 14.3. The van der Waals surface area contributed by atoms with E-state index in [0.717, 1.165) is 36.0 Å². The number of amides is 8. The third kappa shape index (κ3) is 12.0. The van der Waals surface area contributed by atoms with Crippen molar-refractivity contribution in [2.24, 2.45) is 18.7 Å². The van der Waals surface area contributed by atoms with Crippen molar-refractivity contribution in [1.29, 1.82) is 0 Å². The minimum absolute atomic E-state index is 0.101. The quantitative estimate of drug-likeness (QED) is 0.0999. The Balaban J connectivity index is 0.903. The molecular formula is C54H65N9O10. The number of benzene rings is 3. The van der Waals surface area contributed by atoms with Gasteiger partial charge in [0.1, 0.15) is 29.8 Å². The first kappa shape index (κ1) is 51.8. The van der Waals surface area contributed by atoms with Crippen LogP contribution in [-0.2, 0) is 45.3 Å². The number of fused-ring (bicyclic) bond motifs is 2. The van der Waals surface area contributed by atoms with Gasteiger partial charge in [0.2, 0.25) is 35.4 Å². The Labute approximate surface area is 423 Å². The van der Waals surface area contributed by atoms with Gasteiger partial charge in [0.25, 0.3) is 5.91 Å². The summed E-state index contributed by atoms with van der Waals surface area (Å²) in [6.07, 6.45) is 4.79. The Bertz CT molecular complexity index is 2830. The molecule has 8 rings (SSSR count). The number of rotatable bonds is 16. The maximum Gasteiger partial charge on any atom is 0.408 e. The van der Waals surface area contributed by atoms with Gasteiger partial charge in [-0.1, -0.05) is 72.8 Å². The molecule has 4 aromatic rings. The van der Waals surface area contributed by atoms with Crippen molar-refractivity contribution in [3.05, 3.63) is 118 Å². The second-order valence-electron chi connectivity index (χ2n) is 20.6. The Hall–Kier alpha value is -7.57. The van der Waals surface area contributed by atoms with Gasteiger partial charge in [0, 0.05) is 45.0 Å². The van der Waals surface area contributed by atoms with Crippen LogP contribution in [0.4, 0.5) is 4.79 Å². The molecule has 73 heavy (non-hydrogen) atoms. The zero-order valence-corrected chi connectivity index (χ0v) is 41.8. The molecule has 1 aromatic heterocycles. The number of hydrogen-bond acceptors (Lipinski definition) is 10. The van der Waals surface area contributed by atoms with Crippen molar-refractivity contribution in [2.75, 3.05) is 13.1 Å². The Kier molecular flexibility index (Phi) is 15.6. The summed E-state index contributed by atoms with van der Waals surface area (Å²) in [6.45, 7) is 5.10. The van der Waals surface area contributed by atoms with Crippen molar-refractivity contribution in [1.82, 2.24) is 40.2 Å². The van der Waals surface area contributed by atoms with Crippen molar-refractivity contribution in [3.8, 4) is 0 Å². The molecule has 386 valence electrons. The second kappa shape index (κ2) is 22.0. The lowest BCUT2D eigenvalue weighted by Crippen LogP contribution is -2.60. The highest BCUT2D eigenvalue weighted by atomic mass is 16.6. The monoisotopic (exact) mass is 999 g/mol. The van der Waals surface area contributed by atoms with Crippen molar-refractivity contribution in [2.45, 2.75) is 133 Å². The number of nitrogens with zero attached hydrogens (tertiary/aromatic N) is 4. The van der Waals surface area contributed by atoms with E-state index in [9.17, 15) is 43.2 Å². The predicted octanol–water partition coefficient (Wildman–Crippen LogP) is 4.25. The second-order valence-corrected chi connectivity index (χ2v) is 20.6. The van der Waals surface area contributed by atoms with E-state index >= 15 is 0 Å². The average molecular weight is 1000 g/mol. The number of ether oxygens (including phenoxy) is 1. The summed E-state index contributed by atoms with van der Waals surface area (Å²) >= 11 is 0. The number of nitrogens with two attached hydrogens (primary N) is 1. The number of imide groups is 1. The van der Waals surface area contributed by atoms with Crippen LogP contribution < -0.4 is 32.7 Å². The molecule has 6 N–H and O–H groups in total. The number of piperidine rings is 1. The summed E-state index contributed by atoms with van der Waals surface area (Å²) < 4.78 is 8.55. The van der Waals surface area contributed by atoms with E-state index in [4.69, 9.17) is 10.5 Å². The molecule has 3 fully saturated rings. The first-order chi connectivity index (χ1) is 34.8. The van der Waals surface area contributed by atoms with Crippen molar-refractivity contribution < 1.29 is 43.1 Å². The number of nitrogens with one attached hydrogen (secondary N) is 4. The van der Waals surface area contributed by atoms with Crippen LogP contribution >= 0.6 is 0 Å². The minimum atomic E-state index is -1.28. The van der Waals surface area contributed by atoms with E-state index in [1.807, 2.05) is 78.9 Å². The lowest BCUT2D eigenvalue weighted by atomic mass is 9.69. The molecule has 0 bridgehead atoms. The van der Waals surface area contributed by atoms with Crippen LogP contribution in [0.2, 0.25) is 0 Å². The van der Waals surface area contributed by atoms with Gasteiger partial charge < -0.3 is 36.2 Å². The summed E-state index contributed by atoms with van der Waals surface area (Å²) in [5, 5.41) is 10.9. The number of hydrogen-bond donors (Lipinski definition) is 5. The summed E-state index contributed by atoms with van der Waals surface area (Å²) in [7, 11) is 1.68. The first-order valence-corrected chi connectivity index (χ1v) is 25.2. The fourth-order valence-corrected chi connectivity index (χ4v) is 10.5. The van der Waals surface area contributed by atoms with Crippen molar-refractivity contribution in [3.63, 3.8) is 0 Å². The molecule has 0 radical (unpaired) electrons. The molecule has 1 aliphatic carbocycles. The molecule has 3 aromatic carbocycles. The van der Waals surface area contributed by atoms with Gasteiger partial charge in [-0.3, -0.25) is 48.0 Å². The Morgan fingerprint density at radius 3 is 2.19 bits per heavy atom. The topological polar surface area (TPSA) is 253 Å². The maximum absolute atomic E-state index is 14.7. The molecule has 0 spiro atoms. The van der Waals surface area contributed by atoms with E-state index < -0.39 is 71.4 Å². The normalized spacial score (nSPS) is 21.5. The van der Waals surface area contributed by atoms with Crippen LogP contribution in [0.1, 0.15) is 126 Å². The summed E-state index contributed by atoms with van der Waals surface area (Å²) in [6, 6.07) is 19.6. The van der Waals surface area contributed by atoms with Crippen LogP contribution in [0.15, 0.2) is 95.4 Å². The summed E-state index contributed by atoms with van der Waals surface area (Å²) in [5.74, 6) is -2.85. The van der Waals surface area contributed by atoms with Crippen LogP contribution in [0.5, 0.6) is 0 Å². The molecular weight excluding hydrogens is 935 g/mol. The number of aromatic nitrogens is 2. The van der Waals surface area contributed by atoms with Gasteiger partial charge in [-0.15, -0.1) is 0 Å². The van der Waals surface area contributed by atoms with Crippen LogP contribution in [0, 0.1) is 5.92 Å². The van der Waals surface area contributed by atoms with Gasteiger partial charge >= 0.3 is 11.8 Å². The predicted molar refractivity (Wildman–Crippen MR) is 269 cm³/mol. The van der Waals surface area contributed by atoms with E-state index in [1.54, 1.807) is 38.8 Å². The largest absolute Gasteiger partial charge is 0.444 e. The zero-order valence-electron chi connectivity index (χ0n) is 41.8. The lowest BCUT2D eigenvalue weighted by Gasteiger charge is -2.38.